The summed E-state index contributed by atoms with van der Waals surface area (Å²) in [6.07, 6.45) is 1.34. The van der Waals surface area contributed by atoms with Crippen LogP contribution in [-0.2, 0) is 4.79 Å². The van der Waals surface area contributed by atoms with Gasteiger partial charge in [-0.05, 0) is 49.8 Å². The molecule has 1 aromatic heterocycles. The summed E-state index contributed by atoms with van der Waals surface area (Å²) in [6.45, 7) is 3.66. The number of halogens is 1. The van der Waals surface area contributed by atoms with Gasteiger partial charge in [0.15, 0.2) is 17.3 Å². The van der Waals surface area contributed by atoms with E-state index in [1.165, 1.54) is 48.5 Å². The van der Waals surface area contributed by atoms with E-state index in [0.717, 1.165) is 6.07 Å². The molecule has 0 aliphatic heterocycles. The van der Waals surface area contributed by atoms with Gasteiger partial charge in [-0.1, -0.05) is 23.4 Å². The first-order chi connectivity index (χ1) is 15.4. The second-order valence-electron chi connectivity index (χ2n) is 6.46. The Morgan fingerprint density at radius 3 is 2.66 bits per heavy atom. The highest BCUT2D eigenvalue weighted by atomic mass is 19.1. The largest absolute Gasteiger partial charge is 0.490 e. The fourth-order valence-corrected chi connectivity index (χ4v) is 2.67. The Morgan fingerprint density at radius 2 is 2.00 bits per heavy atom. The molecule has 1 amide bonds. The van der Waals surface area contributed by atoms with Crippen LogP contribution in [0.5, 0.6) is 11.5 Å². The van der Waals surface area contributed by atoms with E-state index in [2.05, 4.69) is 10.5 Å². The van der Waals surface area contributed by atoms with Crippen molar-refractivity contribution in [1.29, 1.82) is 5.26 Å². The van der Waals surface area contributed by atoms with E-state index in [9.17, 15) is 19.2 Å². The van der Waals surface area contributed by atoms with Crippen LogP contribution in [0.4, 0.5) is 10.2 Å². The van der Waals surface area contributed by atoms with Crippen LogP contribution >= 0.6 is 0 Å². The maximum absolute atomic E-state index is 13.9. The van der Waals surface area contributed by atoms with Crippen LogP contribution in [0, 0.1) is 24.1 Å². The second kappa shape index (κ2) is 10.0. The Bertz CT molecular complexity index is 1230. The second-order valence-corrected chi connectivity index (χ2v) is 6.46. The lowest BCUT2D eigenvalue weighted by atomic mass is 10.1. The molecule has 3 aromatic rings. The van der Waals surface area contributed by atoms with Crippen molar-refractivity contribution < 1.29 is 28.0 Å². The van der Waals surface area contributed by atoms with Crippen molar-refractivity contribution in [2.45, 2.75) is 13.8 Å². The summed E-state index contributed by atoms with van der Waals surface area (Å²) in [6, 6.07) is 13.2. The number of esters is 1. The van der Waals surface area contributed by atoms with Gasteiger partial charge >= 0.3 is 5.97 Å². The quantitative estimate of drug-likeness (QED) is 0.255. The van der Waals surface area contributed by atoms with Crippen molar-refractivity contribution in [3.05, 3.63) is 76.8 Å². The summed E-state index contributed by atoms with van der Waals surface area (Å²) in [5.41, 5.74) is 0.0387. The summed E-state index contributed by atoms with van der Waals surface area (Å²) in [5.74, 6) is -1.32. The van der Waals surface area contributed by atoms with Gasteiger partial charge in [-0.15, -0.1) is 0 Å². The van der Waals surface area contributed by atoms with E-state index in [1.807, 2.05) is 6.07 Å². The fourth-order valence-electron chi connectivity index (χ4n) is 2.67. The molecule has 0 aliphatic carbocycles. The molecule has 0 bridgehead atoms. The molecule has 0 spiro atoms. The number of ether oxygens (including phenoxy) is 2. The van der Waals surface area contributed by atoms with Crippen LogP contribution in [-0.4, -0.2) is 23.6 Å². The van der Waals surface area contributed by atoms with Crippen LogP contribution in [0.2, 0.25) is 0 Å². The molecule has 0 fully saturated rings. The molecular weight excluding hydrogens is 417 g/mol. The third-order valence-electron chi connectivity index (χ3n) is 4.11. The Kier molecular flexibility index (Phi) is 6.98. The first-order valence-corrected chi connectivity index (χ1v) is 9.51. The molecule has 32 heavy (non-hydrogen) atoms. The zero-order valence-electron chi connectivity index (χ0n) is 17.2. The summed E-state index contributed by atoms with van der Waals surface area (Å²) in [7, 11) is 0. The number of carbonyl (C=O) groups is 2. The average Bonchev–Trinajstić information content (AvgIpc) is 3.18. The predicted octanol–water partition coefficient (Wildman–Crippen LogP) is 4.29. The molecule has 162 valence electrons. The van der Waals surface area contributed by atoms with Crippen molar-refractivity contribution in [2.24, 2.45) is 0 Å². The number of carbonyl (C=O) groups excluding carboxylic acids is 2. The third-order valence-corrected chi connectivity index (χ3v) is 4.11. The highest BCUT2D eigenvalue weighted by Crippen LogP contribution is 2.30. The molecule has 9 heteroatoms. The number of hydrogen-bond donors (Lipinski definition) is 1. The Labute approximate surface area is 182 Å². The van der Waals surface area contributed by atoms with Gasteiger partial charge in [0.05, 0.1) is 12.2 Å². The number of nitrogens with one attached hydrogen (secondary N) is 1. The maximum Gasteiger partial charge on any atom is 0.346 e. The van der Waals surface area contributed by atoms with Crippen molar-refractivity contribution in [2.75, 3.05) is 11.9 Å². The molecule has 0 radical (unpaired) electrons. The third kappa shape index (κ3) is 5.37. The number of nitrogens with zero attached hydrogens (tertiary/aromatic N) is 2. The molecule has 3 rings (SSSR count). The summed E-state index contributed by atoms with van der Waals surface area (Å²) >= 11 is 0. The van der Waals surface area contributed by atoms with Gasteiger partial charge < -0.3 is 19.3 Å². The van der Waals surface area contributed by atoms with Gasteiger partial charge in [0, 0.05) is 6.07 Å². The number of hydrogen-bond acceptors (Lipinski definition) is 7. The molecule has 0 saturated carbocycles. The number of amides is 1. The number of anilines is 1. The number of aromatic nitrogens is 1. The minimum Gasteiger partial charge on any atom is -0.490 e. The van der Waals surface area contributed by atoms with Crippen molar-refractivity contribution in [3.63, 3.8) is 0 Å². The number of benzene rings is 2. The van der Waals surface area contributed by atoms with Crippen molar-refractivity contribution in [3.8, 4) is 17.6 Å². The van der Waals surface area contributed by atoms with Crippen LogP contribution < -0.4 is 14.8 Å². The maximum atomic E-state index is 13.9. The minimum atomic E-state index is -0.882. The topological polar surface area (TPSA) is 114 Å². The minimum absolute atomic E-state index is 0.0679. The molecule has 0 atom stereocenters. The number of rotatable bonds is 7. The Hall–Kier alpha value is -4.45. The molecule has 8 nitrogen and oxygen atoms in total. The zero-order chi connectivity index (χ0) is 23.1. The lowest BCUT2D eigenvalue weighted by Crippen LogP contribution is -2.13. The highest BCUT2D eigenvalue weighted by Gasteiger charge is 2.17. The van der Waals surface area contributed by atoms with Crippen molar-refractivity contribution in [1.82, 2.24) is 5.16 Å². The normalized spacial score (nSPS) is 10.9. The average molecular weight is 435 g/mol. The van der Waals surface area contributed by atoms with Gasteiger partial charge in [0.2, 0.25) is 0 Å². The van der Waals surface area contributed by atoms with E-state index < -0.39 is 17.7 Å². The summed E-state index contributed by atoms with van der Waals surface area (Å²) in [5, 5.41) is 15.5. The monoisotopic (exact) mass is 435 g/mol. The van der Waals surface area contributed by atoms with E-state index >= 15 is 0 Å². The fraction of sp³-hybridized carbons (Fsp3) is 0.130. The van der Waals surface area contributed by atoms with E-state index in [1.54, 1.807) is 13.8 Å². The van der Waals surface area contributed by atoms with E-state index in [0.29, 0.717) is 11.3 Å². The van der Waals surface area contributed by atoms with Crippen LogP contribution in [0.1, 0.15) is 28.6 Å². The van der Waals surface area contributed by atoms with E-state index in [4.69, 9.17) is 14.0 Å². The van der Waals surface area contributed by atoms with Gasteiger partial charge in [0.25, 0.3) is 5.91 Å². The molecule has 0 saturated heterocycles. The van der Waals surface area contributed by atoms with Crippen LogP contribution in [0.25, 0.3) is 6.08 Å². The van der Waals surface area contributed by atoms with Gasteiger partial charge in [-0.3, -0.25) is 4.79 Å². The Balaban J connectivity index is 1.84. The number of aryl methyl sites for hydroxylation is 1. The highest BCUT2D eigenvalue weighted by molar-refractivity contribution is 6.09. The van der Waals surface area contributed by atoms with Gasteiger partial charge in [-0.25, -0.2) is 9.18 Å². The number of nitriles is 1. The lowest BCUT2D eigenvalue weighted by molar-refractivity contribution is -0.112. The first-order valence-electron chi connectivity index (χ1n) is 9.51. The molecule has 1 heterocycles. The predicted molar refractivity (Wildman–Crippen MR) is 112 cm³/mol. The van der Waals surface area contributed by atoms with Crippen LogP contribution in [0.3, 0.4) is 0 Å². The zero-order valence-corrected chi connectivity index (χ0v) is 17.2. The Morgan fingerprint density at radius 1 is 1.22 bits per heavy atom. The molecule has 1 N–H and O–H groups in total. The van der Waals surface area contributed by atoms with E-state index in [-0.39, 0.29) is 35.1 Å². The molecule has 0 aliphatic rings. The molecular formula is C23H18FN3O5. The van der Waals surface area contributed by atoms with Gasteiger partial charge in [0.1, 0.15) is 23.2 Å². The standard InChI is InChI=1S/C23H18FN3O5/c1-3-30-20-12-15(11-16(13-25)22(28)26-21-10-14(2)32-27-21)8-9-19(20)31-23(29)17-6-4-5-7-18(17)24/h4-12H,3H2,1-2H3,(H,26,27,28)/b16-11-. The van der Waals surface area contributed by atoms with Gasteiger partial charge in [-0.2, -0.15) is 5.26 Å². The SMILES string of the molecule is CCOc1cc(/C=C(/C#N)C(=O)Nc2cc(C)on2)ccc1OC(=O)c1ccccc1F. The summed E-state index contributed by atoms with van der Waals surface area (Å²) in [4.78, 5) is 24.7. The first kappa shape index (κ1) is 22.2. The smallest absolute Gasteiger partial charge is 0.346 e. The molecule has 2 aromatic carbocycles. The molecule has 0 unspecified atom stereocenters. The van der Waals surface area contributed by atoms with Crippen LogP contribution in [0.15, 0.2) is 58.6 Å². The van der Waals surface area contributed by atoms with Crippen molar-refractivity contribution >= 4 is 23.8 Å². The lowest BCUT2D eigenvalue weighted by Gasteiger charge is -2.12. The summed E-state index contributed by atoms with van der Waals surface area (Å²) < 4.78 is 29.5.